The van der Waals surface area contributed by atoms with Gasteiger partial charge in [0.15, 0.2) is 20.9 Å². The number of sulfone groups is 2. The molecule has 0 aromatic rings. The summed E-state index contributed by atoms with van der Waals surface area (Å²) < 4.78 is 93.2. The highest BCUT2D eigenvalue weighted by atomic mass is 32.3. The fourth-order valence-corrected chi connectivity index (χ4v) is 5.37. The van der Waals surface area contributed by atoms with Crippen LogP contribution in [0.3, 0.4) is 0 Å². The van der Waals surface area contributed by atoms with Gasteiger partial charge in [-0.3, -0.25) is 0 Å². The molecule has 2 atom stereocenters. The second kappa shape index (κ2) is 3.99. The standard InChI is InChI=1S/C3H5F3O6S3/c1-14(9,10)2(13(7)8)15(11,12)3(4,5)6/h2H,1H3,(H,7,8). The molecule has 92 valence electrons. The van der Waals surface area contributed by atoms with Crippen LogP contribution in [0, 0.1) is 0 Å². The molecule has 0 saturated heterocycles. The fraction of sp³-hybridized carbons (Fsp3) is 1.00. The largest absolute Gasteiger partial charge is 0.499 e. The van der Waals surface area contributed by atoms with E-state index in [2.05, 4.69) is 0 Å². The second-order valence-corrected chi connectivity index (χ2v) is 8.46. The Morgan fingerprint density at radius 2 is 1.53 bits per heavy atom. The minimum absolute atomic E-state index is 0.120. The molecule has 0 spiro atoms. The first-order chi connectivity index (χ1) is 6.32. The van der Waals surface area contributed by atoms with Gasteiger partial charge in [0.05, 0.1) is 0 Å². The number of alkyl halides is 3. The number of hydrogen-bond acceptors (Lipinski definition) is 5. The Morgan fingerprint density at radius 3 is 1.60 bits per heavy atom. The lowest BCUT2D eigenvalue weighted by Gasteiger charge is -2.14. The summed E-state index contributed by atoms with van der Waals surface area (Å²) in [6.07, 6.45) is 0.120. The van der Waals surface area contributed by atoms with Crippen LogP contribution in [0.15, 0.2) is 0 Å². The smallest absolute Gasteiger partial charge is 0.304 e. The predicted octanol–water partition coefficient (Wildman–Crippen LogP) is -0.529. The second-order valence-electron chi connectivity index (χ2n) is 2.39. The summed E-state index contributed by atoms with van der Waals surface area (Å²) in [5.41, 5.74) is -5.90. The Balaban J connectivity index is 5.85. The van der Waals surface area contributed by atoms with Crippen molar-refractivity contribution in [3.8, 4) is 0 Å². The summed E-state index contributed by atoms with van der Waals surface area (Å²) in [7, 11) is -11.1. The summed E-state index contributed by atoms with van der Waals surface area (Å²) in [5, 5.41) is 0. The van der Waals surface area contributed by atoms with Gasteiger partial charge in [0.2, 0.25) is 0 Å². The number of rotatable bonds is 3. The molecule has 0 rings (SSSR count). The van der Waals surface area contributed by atoms with Gasteiger partial charge in [-0.2, -0.15) is 13.2 Å². The van der Waals surface area contributed by atoms with Crippen molar-refractivity contribution in [1.29, 1.82) is 0 Å². The van der Waals surface area contributed by atoms with Gasteiger partial charge in [0.25, 0.3) is 13.8 Å². The highest BCUT2D eigenvalue weighted by molar-refractivity contribution is 8.21. The zero-order valence-electron chi connectivity index (χ0n) is 6.92. The van der Waals surface area contributed by atoms with E-state index >= 15 is 0 Å². The van der Waals surface area contributed by atoms with Crippen LogP contribution in [0.2, 0.25) is 0 Å². The van der Waals surface area contributed by atoms with Gasteiger partial charge in [-0.15, -0.1) is 0 Å². The van der Waals surface area contributed by atoms with Crippen molar-refractivity contribution in [2.24, 2.45) is 0 Å². The van der Waals surface area contributed by atoms with E-state index in [0.29, 0.717) is 0 Å². The molecule has 0 radical (unpaired) electrons. The molecular weight excluding hydrogens is 285 g/mol. The van der Waals surface area contributed by atoms with E-state index in [1.165, 1.54) is 0 Å². The number of hydrogen-bond donors (Lipinski definition) is 1. The normalized spacial score (nSPS) is 18.5. The highest BCUT2D eigenvalue weighted by Gasteiger charge is 2.57. The maximum absolute atomic E-state index is 11.9. The van der Waals surface area contributed by atoms with Gasteiger partial charge in [0.1, 0.15) is 0 Å². The average Bonchev–Trinajstić information content (AvgIpc) is 1.76. The van der Waals surface area contributed by atoms with Crippen LogP contribution >= 0.6 is 0 Å². The zero-order valence-corrected chi connectivity index (χ0v) is 9.37. The molecule has 6 nitrogen and oxygen atoms in total. The lowest BCUT2D eigenvalue weighted by atomic mass is 11.6. The first kappa shape index (κ1) is 14.8. The van der Waals surface area contributed by atoms with Crippen LogP contribution in [-0.4, -0.2) is 41.3 Å². The van der Waals surface area contributed by atoms with Crippen LogP contribution in [0.1, 0.15) is 0 Å². The van der Waals surface area contributed by atoms with Crippen molar-refractivity contribution in [1.82, 2.24) is 0 Å². The molecule has 0 aromatic carbocycles. The fourth-order valence-electron chi connectivity index (χ4n) is 0.597. The van der Waals surface area contributed by atoms with Gasteiger partial charge < -0.3 is 4.55 Å². The zero-order chi connectivity index (χ0) is 12.7. The first-order valence-electron chi connectivity index (χ1n) is 2.90. The molecule has 2 unspecified atom stereocenters. The molecular formula is C3H5F3O6S3. The molecule has 0 saturated carbocycles. The van der Waals surface area contributed by atoms with E-state index in [1.807, 2.05) is 0 Å². The first-order valence-corrected chi connectivity index (χ1v) is 7.57. The molecule has 0 fully saturated rings. The quantitative estimate of drug-likeness (QED) is 0.700. The molecule has 0 aliphatic heterocycles. The van der Waals surface area contributed by atoms with Gasteiger partial charge in [-0.1, -0.05) is 0 Å². The highest BCUT2D eigenvalue weighted by Crippen LogP contribution is 2.30. The van der Waals surface area contributed by atoms with Gasteiger partial charge >= 0.3 is 5.51 Å². The average molecular weight is 290 g/mol. The summed E-state index contributed by atoms with van der Waals surface area (Å²) in [4.78, 5) is 0. The molecule has 12 heteroatoms. The lowest BCUT2D eigenvalue weighted by molar-refractivity contribution is -0.0434. The van der Waals surface area contributed by atoms with Crippen molar-refractivity contribution >= 4 is 30.8 Å². The summed E-state index contributed by atoms with van der Waals surface area (Å²) in [6.45, 7) is 0. The SMILES string of the molecule is CS(=O)(=O)C(S(=O)O)S(=O)(=O)C(F)(F)F. The Bertz CT molecular complexity index is 458. The van der Waals surface area contributed by atoms with Gasteiger partial charge in [0, 0.05) is 6.26 Å². The van der Waals surface area contributed by atoms with Gasteiger partial charge in [-0.05, 0) is 0 Å². The third kappa shape index (κ3) is 3.12. The molecule has 0 aliphatic rings. The van der Waals surface area contributed by atoms with E-state index in [1.54, 1.807) is 0 Å². The van der Waals surface area contributed by atoms with Crippen LogP contribution in [-0.2, 0) is 30.8 Å². The molecule has 0 aliphatic carbocycles. The Hall–Kier alpha value is -0.200. The molecule has 0 heterocycles. The maximum atomic E-state index is 11.9. The Labute approximate surface area is 85.6 Å². The topological polar surface area (TPSA) is 106 Å². The molecule has 15 heavy (non-hydrogen) atoms. The van der Waals surface area contributed by atoms with E-state index in [-0.39, 0.29) is 6.26 Å². The van der Waals surface area contributed by atoms with Crippen LogP contribution < -0.4 is 0 Å². The molecule has 0 bridgehead atoms. The van der Waals surface area contributed by atoms with E-state index in [4.69, 9.17) is 4.55 Å². The van der Waals surface area contributed by atoms with Crippen molar-refractivity contribution < 1.29 is 38.8 Å². The predicted molar refractivity (Wildman–Crippen MR) is 44.4 cm³/mol. The van der Waals surface area contributed by atoms with Crippen LogP contribution in [0.5, 0.6) is 0 Å². The third-order valence-electron chi connectivity index (χ3n) is 1.09. The van der Waals surface area contributed by atoms with Crippen molar-refractivity contribution in [2.45, 2.75) is 9.42 Å². The minimum atomic E-state index is -6.23. The van der Waals surface area contributed by atoms with Crippen molar-refractivity contribution in [3.05, 3.63) is 0 Å². The maximum Gasteiger partial charge on any atom is 0.499 e. The van der Waals surface area contributed by atoms with Crippen molar-refractivity contribution in [2.75, 3.05) is 6.26 Å². The van der Waals surface area contributed by atoms with Crippen LogP contribution in [0.4, 0.5) is 13.2 Å². The summed E-state index contributed by atoms with van der Waals surface area (Å²) in [5.74, 6) is 0. The Kier molecular flexibility index (Phi) is 3.94. The van der Waals surface area contributed by atoms with E-state index in [9.17, 15) is 34.2 Å². The molecule has 1 N–H and O–H groups in total. The lowest BCUT2D eigenvalue weighted by Crippen LogP contribution is -2.41. The number of halogens is 3. The minimum Gasteiger partial charge on any atom is -0.304 e. The van der Waals surface area contributed by atoms with Gasteiger partial charge in [-0.25, -0.2) is 21.0 Å². The molecule has 0 aromatic heterocycles. The third-order valence-corrected chi connectivity index (χ3v) is 7.88. The summed E-state index contributed by atoms with van der Waals surface area (Å²) >= 11 is -3.68. The monoisotopic (exact) mass is 290 g/mol. The van der Waals surface area contributed by atoms with E-state index < -0.39 is 40.2 Å². The molecule has 0 amide bonds. The Morgan fingerprint density at radius 1 is 1.20 bits per heavy atom. The van der Waals surface area contributed by atoms with Crippen molar-refractivity contribution in [3.63, 3.8) is 0 Å². The van der Waals surface area contributed by atoms with E-state index in [0.717, 1.165) is 0 Å². The van der Waals surface area contributed by atoms with Crippen LogP contribution in [0.25, 0.3) is 0 Å². The summed E-state index contributed by atoms with van der Waals surface area (Å²) in [6, 6.07) is 0.